The molecule has 0 spiro atoms. The quantitative estimate of drug-likeness (QED) is 0.729. The van der Waals surface area contributed by atoms with Gasteiger partial charge in [-0.05, 0) is 56.3 Å². The third kappa shape index (κ3) is 4.13. The molecule has 2 N–H and O–H groups in total. The van der Waals surface area contributed by atoms with Crippen molar-refractivity contribution < 1.29 is 9.90 Å². The Hall–Kier alpha value is -3.47. The monoisotopic (exact) mass is 345 g/mol. The van der Waals surface area contributed by atoms with Gasteiger partial charge in [0.1, 0.15) is 11.4 Å². The fraction of sp³-hybridized carbons (Fsp3) is 0.0952. The Bertz CT molecular complexity index is 945. The third-order valence-corrected chi connectivity index (χ3v) is 3.66. The number of aromatic nitrogens is 2. The smallest absolute Gasteiger partial charge is 0.256 e. The van der Waals surface area contributed by atoms with Crippen LogP contribution in [0.4, 0.5) is 5.82 Å². The van der Waals surface area contributed by atoms with Crippen LogP contribution in [-0.2, 0) is 0 Å². The van der Waals surface area contributed by atoms with E-state index >= 15 is 0 Å². The first-order chi connectivity index (χ1) is 12.5. The molecule has 0 saturated heterocycles. The van der Waals surface area contributed by atoms with Crippen molar-refractivity contribution in [3.05, 3.63) is 77.6 Å². The van der Waals surface area contributed by atoms with E-state index in [1.54, 1.807) is 42.6 Å². The maximum atomic E-state index is 12.4. The number of hydrogen-bond donors (Lipinski definition) is 2. The number of anilines is 1. The summed E-state index contributed by atoms with van der Waals surface area (Å²) in [4.78, 5) is 21.4. The molecule has 0 aliphatic heterocycles. The zero-order valence-corrected chi connectivity index (χ0v) is 14.6. The summed E-state index contributed by atoms with van der Waals surface area (Å²) in [7, 11) is 0. The van der Waals surface area contributed by atoms with Crippen LogP contribution in [-0.4, -0.2) is 21.0 Å². The van der Waals surface area contributed by atoms with E-state index in [4.69, 9.17) is 0 Å². The van der Waals surface area contributed by atoms with Crippen molar-refractivity contribution in [3.63, 3.8) is 0 Å². The molecule has 3 rings (SSSR count). The van der Waals surface area contributed by atoms with E-state index in [0.717, 1.165) is 11.1 Å². The van der Waals surface area contributed by atoms with Crippen molar-refractivity contribution in [2.45, 2.75) is 13.8 Å². The second-order valence-electron chi connectivity index (χ2n) is 6.08. The van der Waals surface area contributed by atoms with Gasteiger partial charge in [-0.15, -0.1) is 0 Å². The molecule has 0 radical (unpaired) electrons. The molecule has 2 aromatic carbocycles. The second kappa shape index (κ2) is 7.61. The van der Waals surface area contributed by atoms with Gasteiger partial charge in [-0.25, -0.2) is 9.97 Å². The highest BCUT2D eigenvalue weighted by Gasteiger charge is 2.12. The number of nitrogens with zero attached hydrogens (tertiary/aromatic N) is 2. The van der Waals surface area contributed by atoms with Crippen LogP contribution < -0.4 is 5.32 Å². The standard InChI is InChI=1S/C21H19N3O2/c1-14(2)12-18-20(24-21(26)16-6-4-3-5-7-16)22-13-19(23-18)15-8-10-17(25)11-9-15/h3-13,25H,1-2H3,(H,22,24,26). The van der Waals surface area contributed by atoms with Gasteiger partial charge in [-0.2, -0.15) is 0 Å². The van der Waals surface area contributed by atoms with Crippen LogP contribution in [0.3, 0.4) is 0 Å². The van der Waals surface area contributed by atoms with E-state index in [1.165, 1.54) is 0 Å². The van der Waals surface area contributed by atoms with Crippen LogP contribution >= 0.6 is 0 Å². The molecular weight excluding hydrogens is 326 g/mol. The van der Waals surface area contributed by atoms with Gasteiger partial charge in [0, 0.05) is 11.1 Å². The van der Waals surface area contributed by atoms with Crippen molar-refractivity contribution in [3.8, 4) is 17.0 Å². The molecule has 130 valence electrons. The molecule has 3 aromatic rings. The fourth-order valence-corrected chi connectivity index (χ4v) is 2.41. The minimum atomic E-state index is -0.235. The first-order valence-corrected chi connectivity index (χ1v) is 8.20. The summed E-state index contributed by atoms with van der Waals surface area (Å²) in [5, 5.41) is 12.3. The number of phenols is 1. The number of carbonyl (C=O) groups excluding carboxylic acids is 1. The van der Waals surface area contributed by atoms with Crippen LogP contribution in [0.2, 0.25) is 0 Å². The van der Waals surface area contributed by atoms with Gasteiger partial charge >= 0.3 is 0 Å². The Kier molecular flexibility index (Phi) is 5.08. The van der Waals surface area contributed by atoms with Gasteiger partial charge in [0.15, 0.2) is 5.82 Å². The van der Waals surface area contributed by atoms with Crippen LogP contribution in [0.25, 0.3) is 17.3 Å². The van der Waals surface area contributed by atoms with E-state index in [-0.39, 0.29) is 11.7 Å². The normalized spacial score (nSPS) is 10.2. The molecule has 26 heavy (non-hydrogen) atoms. The summed E-state index contributed by atoms with van der Waals surface area (Å²) >= 11 is 0. The zero-order chi connectivity index (χ0) is 18.5. The van der Waals surface area contributed by atoms with Gasteiger partial charge in [0.25, 0.3) is 5.91 Å². The molecule has 0 fully saturated rings. The topological polar surface area (TPSA) is 75.1 Å². The third-order valence-electron chi connectivity index (χ3n) is 3.66. The molecule has 0 bridgehead atoms. The van der Waals surface area contributed by atoms with E-state index in [9.17, 15) is 9.90 Å². The average Bonchev–Trinajstić information content (AvgIpc) is 2.64. The molecule has 0 aliphatic carbocycles. The molecule has 1 heterocycles. The van der Waals surface area contributed by atoms with Crippen LogP contribution in [0.5, 0.6) is 5.75 Å². The summed E-state index contributed by atoms with van der Waals surface area (Å²) in [6.07, 6.45) is 3.48. The predicted molar refractivity (Wildman–Crippen MR) is 103 cm³/mol. The predicted octanol–water partition coefficient (Wildman–Crippen LogP) is 4.52. The van der Waals surface area contributed by atoms with Gasteiger partial charge in [-0.1, -0.05) is 23.8 Å². The highest BCUT2D eigenvalue weighted by atomic mass is 16.3. The van der Waals surface area contributed by atoms with E-state index in [2.05, 4.69) is 15.3 Å². The summed E-state index contributed by atoms with van der Waals surface area (Å²) in [5.74, 6) is 0.362. The lowest BCUT2D eigenvalue weighted by Gasteiger charge is -2.10. The van der Waals surface area contributed by atoms with Gasteiger partial charge in [0.05, 0.1) is 11.9 Å². The maximum absolute atomic E-state index is 12.4. The molecule has 0 saturated carbocycles. The van der Waals surface area contributed by atoms with Gasteiger partial charge in [-0.3, -0.25) is 4.79 Å². The lowest BCUT2D eigenvalue weighted by Crippen LogP contribution is -2.14. The van der Waals surface area contributed by atoms with Crippen LogP contribution in [0.15, 0.2) is 66.4 Å². The maximum Gasteiger partial charge on any atom is 0.256 e. The number of allylic oxidation sites excluding steroid dienone is 1. The zero-order valence-electron chi connectivity index (χ0n) is 14.6. The Morgan fingerprint density at radius 2 is 1.73 bits per heavy atom. The van der Waals surface area contributed by atoms with E-state index in [0.29, 0.717) is 22.8 Å². The van der Waals surface area contributed by atoms with Crippen LogP contribution in [0, 0.1) is 0 Å². The minimum absolute atomic E-state index is 0.193. The summed E-state index contributed by atoms with van der Waals surface area (Å²) in [6.45, 7) is 3.91. The molecule has 1 amide bonds. The van der Waals surface area contributed by atoms with Gasteiger partial charge in [0.2, 0.25) is 0 Å². The van der Waals surface area contributed by atoms with Crippen LogP contribution in [0.1, 0.15) is 29.9 Å². The van der Waals surface area contributed by atoms with Crippen molar-refractivity contribution in [1.29, 1.82) is 0 Å². The second-order valence-corrected chi connectivity index (χ2v) is 6.08. The first-order valence-electron chi connectivity index (χ1n) is 8.20. The number of benzene rings is 2. The van der Waals surface area contributed by atoms with E-state index in [1.807, 2.05) is 38.1 Å². The van der Waals surface area contributed by atoms with Crippen molar-refractivity contribution in [1.82, 2.24) is 9.97 Å². The number of phenolic OH excluding ortho intramolecular Hbond substituents is 1. The fourth-order valence-electron chi connectivity index (χ4n) is 2.41. The van der Waals surface area contributed by atoms with E-state index < -0.39 is 0 Å². The molecule has 0 unspecified atom stereocenters. The molecular formula is C21H19N3O2. The molecule has 1 aromatic heterocycles. The molecule has 0 atom stereocenters. The lowest BCUT2D eigenvalue weighted by atomic mass is 10.1. The highest BCUT2D eigenvalue weighted by Crippen LogP contribution is 2.23. The Morgan fingerprint density at radius 3 is 2.38 bits per heavy atom. The van der Waals surface area contributed by atoms with Gasteiger partial charge < -0.3 is 10.4 Å². The number of rotatable bonds is 4. The lowest BCUT2D eigenvalue weighted by molar-refractivity contribution is 0.102. The Morgan fingerprint density at radius 1 is 1.04 bits per heavy atom. The minimum Gasteiger partial charge on any atom is -0.508 e. The first kappa shape index (κ1) is 17.4. The highest BCUT2D eigenvalue weighted by molar-refractivity contribution is 6.04. The number of aromatic hydroxyl groups is 1. The number of carbonyl (C=O) groups is 1. The average molecular weight is 345 g/mol. The van der Waals surface area contributed by atoms with Crippen molar-refractivity contribution in [2.75, 3.05) is 5.32 Å². The number of nitrogens with one attached hydrogen (secondary N) is 1. The SMILES string of the molecule is CC(C)=Cc1nc(-c2ccc(O)cc2)cnc1NC(=O)c1ccccc1. The Balaban J connectivity index is 1.96. The van der Waals surface area contributed by atoms with Crippen molar-refractivity contribution >= 4 is 17.8 Å². The summed E-state index contributed by atoms with van der Waals surface area (Å²) in [6, 6.07) is 15.7. The molecule has 0 aliphatic rings. The molecule has 5 heteroatoms. The summed E-state index contributed by atoms with van der Waals surface area (Å²) < 4.78 is 0. The molecule has 5 nitrogen and oxygen atoms in total. The largest absolute Gasteiger partial charge is 0.508 e. The number of amides is 1. The summed E-state index contributed by atoms with van der Waals surface area (Å²) in [5.41, 5.74) is 3.67. The number of hydrogen-bond acceptors (Lipinski definition) is 4. The Labute approximate surface area is 152 Å². The van der Waals surface area contributed by atoms with Crippen molar-refractivity contribution in [2.24, 2.45) is 0 Å².